The standard InChI is InChI=1S/C26H38N2O4/c1-5-11-24(26(30)31-7-3)27(17-6-2)20-25(29)28(19-23-15-14-21(4)32-23)18-16-22-12-9-8-10-13-22/h8-10,12-15,24H,5-7,11,16-20H2,1-4H3. The van der Waals surface area contributed by atoms with E-state index < -0.39 is 6.04 Å². The van der Waals surface area contributed by atoms with Gasteiger partial charge in [-0.3, -0.25) is 14.5 Å². The molecule has 0 aliphatic carbocycles. The summed E-state index contributed by atoms with van der Waals surface area (Å²) in [7, 11) is 0. The normalized spacial score (nSPS) is 12.0. The third kappa shape index (κ3) is 8.15. The van der Waals surface area contributed by atoms with E-state index in [2.05, 4.69) is 19.1 Å². The van der Waals surface area contributed by atoms with Gasteiger partial charge in [-0.1, -0.05) is 50.6 Å². The highest BCUT2D eigenvalue weighted by molar-refractivity contribution is 5.80. The van der Waals surface area contributed by atoms with Crippen LogP contribution in [0.1, 0.15) is 57.1 Å². The van der Waals surface area contributed by atoms with E-state index in [9.17, 15) is 9.59 Å². The van der Waals surface area contributed by atoms with E-state index in [1.54, 1.807) is 0 Å². The number of esters is 1. The predicted molar refractivity (Wildman–Crippen MR) is 126 cm³/mol. The molecule has 0 aliphatic heterocycles. The van der Waals surface area contributed by atoms with E-state index in [-0.39, 0.29) is 18.4 Å². The summed E-state index contributed by atoms with van der Waals surface area (Å²) in [6, 6.07) is 13.6. The van der Waals surface area contributed by atoms with Crippen LogP contribution in [0.5, 0.6) is 0 Å². The summed E-state index contributed by atoms with van der Waals surface area (Å²) in [6.45, 7) is 10.0. The van der Waals surface area contributed by atoms with Gasteiger partial charge in [0.2, 0.25) is 5.91 Å². The molecule has 0 aliphatic rings. The molecule has 0 spiro atoms. The minimum Gasteiger partial charge on any atom is -0.465 e. The summed E-state index contributed by atoms with van der Waals surface area (Å²) in [5.41, 5.74) is 1.18. The molecule has 0 saturated heterocycles. The fourth-order valence-corrected chi connectivity index (χ4v) is 3.83. The van der Waals surface area contributed by atoms with Crippen LogP contribution in [0.4, 0.5) is 0 Å². The number of carbonyl (C=O) groups is 2. The highest BCUT2D eigenvalue weighted by atomic mass is 16.5. The molecule has 176 valence electrons. The third-order valence-corrected chi connectivity index (χ3v) is 5.42. The van der Waals surface area contributed by atoms with Gasteiger partial charge >= 0.3 is 5.97 Å². The number of nitrogens with zero attached hydrogens (tertiary/aromatic N) is 2. The molecule has 6 nitrogen and oxygen atoms in total. The molecule has 1 heterocycles. The topological polar surface area (TPSA) is 63.0 Å². The summed E-state index contributed by atoms with van der Waals surface area (Å²) in [5.74, 6) is 1.34. The zero-order valence-corrected chi connectivity index (χ0v) is 20.0. The van der Waals surface area contributed by atoms with Gasteiger partial charge in [0.05, 0.1) is 19.7 Å². The first-order chi connectivity index (χ1) is 15.5. The smallest absolute Gasteiger partial charge is 0.323 e. The van der Waals surface area contributed by atoms with E-state index in [1.807, 2.05) is 60.9 Å². The van der Waals surface area contributed by atoms with Gasteiger partial charge in [0.25, 0.3) is 0 Å². The fraction of sp³-hybridized carbons (Fsp3) is 0.538. The van der Waals surface area contributed by atoms with Crippen LogP contribution in [0.15, 0.2) is 46.9 Å². The monoisotopic (exact) mass is 442 g/mol. The van der Waals surface area contributed by atoms with Gasteiger partial charge in [-0.2, -0.15) is 0 Å². The van der Waals surface area contributed by atoms with Crippen LogP contribution >= 0.6 is 0 Å². The molecule has 2 rings (SSSR count). The third-order valence-electron chi connectivity index (χ3n) is 5.42. The van der Waals surface area contributed by atoms with Crippen molar-refractivity contribution in [2.45, 2.75) is 66.0 Å². The minimum absolute atomic E-state index is 0.00571. The maximum Gasteiger partial charge on any atom is 0.323 e. The Labute approximate surface area is 192 Å². The van der Waals surface area contributed by atoms with Gasteiger partial charge < -0.3 is 14.1 Å². The number of amides is 1. The van der Waals surface area contributed by atoms with Crippen molar-refractivity contribution in [2.24, 2.45) is 0 Å². The van der Waals surface area contributed by atoms with Gasteiger partial charge in [0.15, 0.2) is 0 Å². The molecular weight excluding hydrogens is 404 g/mol. The van der Waals surface area contributed by atoms with Crippen LogP contribution in [0.2, 0.25) is 0 Å². The first-order valence-corrected chi connectivity index (χ1v) is 11.8. The maximum absolute atomic E-state index is 13.4. The molecular formula is C26H38N2O4. The first-order valence-electron chi connectivity index (χ1n) is 11.8. The van der Waals surface area contributed by atoms with E-state index in [4.69, 9.17) is 9.15 Å². The number of carbonyl (C=O) groups excluding carboxylic acids is 2. The molecule has 0 saturated carbocycles. The lowest BCUT2D eigenvalue weighted by atomic mass is 10.1. The average Bonchev–Trinajstić information content (AvgIpc) is 3.20. The number of hydrogen-bond donors (Lipinski definition) is 0. The number of ether oxygens (including phenoxy) is 1. The Hall–Kier alpha value is -2.60. The number of hydrogen-bond acceptors (Lipinski definition) is 5. The maximum atomic E-state index is 13.4. The predicted octanol–water partition coefficient (Wildman–Crippen LogP) is 4.60. The van der Waals surface area contributed by atoms with Crippen molar-refractivity contribution in [3.63, 3.8) is 0 Å². The van der Waals surface area contributed by atoms with Crippen molar-refractivity contribution in [1.82, 2.24) is 9.80 Å². The van der Waals surface area contributed by atoms with Crippen LogP contribution in [0.25, 0.3) is 0 Å². The van der Waals surface area contributed by atoms with Crippen molar-refractivity contribution in [3.05, 3.63) is 59.5 Å². The van der Waals surface area contributed by atoms with E-state index >= 15 is 0 Å². The van der Waals surface area contributed by atoms with Gasteiger partial charge in [-0.05, 0) is 57.4 Å². The lowest BCUT2D eigenvalue weighted by molar-refractivity contribution is -0.151. The summed E-state index contributed by atoms with van der Waals surface area (Å²) in [6.07, 6.45) is 3.14. The summed E-state index contributed by atoms with van der Waals surface area (Å²) in [5, 5.41) is 0. The van der Waals surface area contributed by atoms with Gasteiger partial charge in [-0.15, -0.1) is 0 Å². The molecule has 0 fully saturated rings. The molecule has 1 aromatic carbocycles. The molecule has 1 aromatic heterocycles. The van der Waals surface area contributed by atoms with Gasteiger partial charge in [0, 0.05) is 6.54 Å². The Bertz CT molecular complexity index is 818. The lowest BCUT2D eigenvalue weighted by Crippen LogP contribution is -2.48. The number of benzene rings is 1. The van der Waals surface area contributed by atoms with E-state index in [1.165, 1.54) is 5.56 Å². The van der Waals surface area contributed by atoms with Gasteiger partial charge in [-0.25, -0.2) is 0 Å². The second-order valence-corrected chi connectivity index (χ2v) is 8.09. The minimum atomic E-state index is -0.398. The Kier molecular flexibility index (Phi) is 11.0. The molecule has 0 bridgehead atoms. The Morgan fingerprint density at radius 1 is 1.00 bits per heavy atom. The lowest BCUT2D eigenvalue weighted by Gasteiger charge is -2.31. The molecule has 2 aromatic rings. The average molecular weight is 443 g/mol. The zero-order valence-electron chi connectivity index (χ0n) is 20.0. The summed E-state index contributed by atoms with van der Waals surface area (Å²) < 4.78 is 11.1. The first kappa shape index (κ1) is 25.7. The Morgan fingerprint density at radius 2 is 1.75 bits per heavy atom. The Morgan fingerprint density at radius 3 is 2.34 bits per heavy atom. The highest BCUT2D eigenvalue weighted by Gasteiger charge is 2.29. The highest BCUT2D eigenvalue weighted by Crippen LogP contribution is 2.15. The molecule has 0 radical (unpaired) electrons. The van der Waals surface area contributed by atoms with Crippen LogP contribution in [-0.4, -0.2) is 54.0 Å². The van der Waals surface area contributed by atoms with E-state index in [0.717, 1.165) is 30.8 Å². The van der Waals surface area contributed by atoms with Crippen molar-refractivity contribution < 1.29 is 18.7 Å². The number of rotatable bonds is 14. The van der Waals surface area contributed by atoms with Crippen LogP contribution < -0.4 is 0 Å². The summed E-state index contributed by atoms with van der Waals surface area (Å²) in [4.78, 5) is 29.9. The Balaban J connectivity index is 2.16. The SMILES string of the molecule is CCCC(C(=O)OCC)N(CCC)CC(=O)N(CCc1ccccc1)Cc1ccc(C)o1. The van der Waals surface area contributed by atoms with Crippen molar-refractivity contribution >= 4 is 11.9 Å². The van der Waals surface area contributed by atoms with E-state index in [0.29, 0.717) is 32.7 Å². The van der Waals surface area contributed by atoms with Crippen molar-refractivity contribution in [1.29, 1.82) is 0 Å². The fourth-order valence-electron chi connectivity index (χ4n) is 3.83. The molecule has 1 unspecified atom stereocenters. The van der Waals surface area contributed by atoms with Gasteiger partial charge in [0.1, 0.15) is 17.6 Å². The molecule has 0 N–H and O–H groups in total. The molecule has 1 atom stereocenters. The van der Waals surface area contributed by atoms with Crippen molar-refractivity contribution in [3.8, 4) is 0 Å². The van der Waals surface area contributed by atoms with Crippen LogP contribution in [0, 0.1) is 6.92 Å². The largest absolute Gasteiger partial charge is 0.465 e. The van der Waals surface area contributed by atoms with Crippen molar-refractivity contribution in [2.75, 3.05) is 26.2 Å². The zero-order chi connectivity index (χ0) is 23.3. The van der Waals surface area contributed by atoms with Crippen LogP contribution in [-0.2, 0) is 27.3 Å². The number of aryl methyl sites for hydroxylation is 1. The quantitative estimate of drug-likeness (QED) is 0.400. The second-order valence-electron chi connectivity index (χ2n) is 8.09. The number of furan rings is 1. The molecule has 32 heavy (non-hydrogen) atoms. The van der Waals surface area contributed by atoms with Crippen LogP contribution in [0.3, 0.4) is 0 Å². The molecule has 6 heteroatoms. The molecule has 1 amide bonds. The second kappa shape index (κ2) is 13.7. The summed E-state index contributed by atoms with van der Waals surface area (Å²) >= 11 is 0.